The predicted octanol–water partition coefficient (Wildman–Crippen LogP) is 19.8. The highest BCUT2D eigenvalue weighted by atomic mass is 16.1. The van der Waals surface area contributed by atoms with Crippen LogP contribution in [0.25, 0.3) is 87.3 Å². The number of aryl methyl sites for hydroxylation is 4. The third-order valence-electron chi connectivity index (χ3n) is 22.3. The lowest BCUT2D eigenvalue weighted by atomic mass is 9.59. The van der Waals surface area contributed by atoms with Crippen molar-refractivity contribution in [2.24, 2.45) is 5.41 Å². The third kappa shape index (κ3) is 6.08. The number of carbonyl (C=O) groups is 1. The summed E-state index contributed by atoms with van der Waals surface area (Å²) in [6.07, 6.45) is 7.80. The van der Waals surface area contributed by atoms with E-state index in [9.17, 15) is 5.26 Å². The summed E-state index contributed by atoms with van der Waals surface area (Å²) in [4.78, 5) is 15.2. The van der Waals surface area contributed by atoms with Crippen LogP contribution in [-0.4, -0.2) is 14.6 Å². The van der Waals surface area contributed by atoms with Gasteiger partial charge in [0.25, 0.3) is 0 Å². The first-order valence-corrected chi connectivity index (χ1v) is 31.2. The lowest BCUT2D eigenvalue weighted by Gasteiger charge is -2.43. The zero-order valence-corrected chi connectivity index (χ0v) is 49.0. The Morgan fingerprint density at radius 2 is 1.04 bits per heavy atom. The summed E-state index contributed by atoms with van der Waals surface area (Å²) in [7, 11) is 0. The monoisotopic (exact) mass is 1070 g/mol. The highest BCUT2D eigenvalue weighted by Gasteiger charge is 2.49. The van der Waals surface area contributed by atoms with Gasteiger partial charge in [-0.3, -0.25) is 4.79 Å². The SMILES string of the molecule is CC(C)c1cc(C(C)C)c(-c2cc3c4cc5c(cc4n4c6cc(C#N)c7c(c6c(c2)c34)C2c3ccccc3C7c3ccccc32)c2c3cc(c4c6cc7c(cc6n5c42)C(=O)C2(C)CCC7(C)CC2)CCc2cccc(c2)CC3)c(C(C)C)c1. The maximum Gasteiger partial charge on any atom is 0.169 e. The quantitative estimate of drug-likeness (QED) is 0.176. The molecule has 404 valence electrons. The second kappa shape index (κ2) is 16.3. The maximum absolute atomic E-state index is 15.2. The summed E-state index contributed by atoms with van der Waals surface area (Å²) >= 11 is 0. The first kappa shape index (κ1) is 48.3. The van der Waals surface area contributed by atoms with Crippen LogP contribution in [-0.2, 0) is 31.1 Å². The van der Waals surface area contributed by atoms with Gasteiger partial charge < -0.3 is 8.80 Å². The van der Waals surface area contributed by atoms with E-state index in [1.54, 1.807) is 0 Å². The maximum atomic E-state index is 15.2. The van der Waals surface area contributed by atoms with Gasteiger partial charge in [-0.05, 0) is 206 Å². The Morgan fingerprint density at radius 1 is 0.494 bits per heavy atom. The number of benzene rings is 9. The first-order valence-electron chi connectivity index (χ1n) is 31.2. The number of aromatic nitrogens is 2. The number of nitriles is 1. The summed E-state index contributed by atoms with van der Waals surface area (Å²) in [5.41, 5.74) is 30.1. The average molecular weight is 1070 g/mol. The average Bonchev–Trinajstić information content (AvgIpc) is 1.64. The van der Waals surface area contributed by atoms with Crippen LogP contribution >= 0.6 is 0 Å². The van der Waals surface area contributed by atoms with E-state index < -0.39 is 0 Å². The minimum absolute atomic E-state index is 0.0191. The van der Waals surface area contributed by atoms with Crippen molar-refractivity contribution in [3.8, 4) is 17.2 Å². The molecule has 9 aromatic carbocycles. The molecule has 13 aromatic rings. The van der Waals surface area contributed by atoms with Crippen molar-refractivity contribution in [2.75, 3.05) is 0 Å². The molecule has 7 aliphatic carbocycles. The van der Waals surface area contributed by atoms with Gasteiger partial charge in [0.05, 0.1) is 44.7 Å². The molecule has 4 heterocycles. The van der Waals surface area contributed by atoms with Gasteiger partial charge >= 0.3 is 0 Å². The number of carbonyl (C=O) groups excluding carboxylic acids is 1. The highest BCUT2D eigenvalue weighted by molar-refractivity contribution is 6.31. The van der Waals surface area contributed by atoms with Crippen molar-refractivity contribution < 1.29 is 4.79 Å². The molecule has 7 aliphatic rings. The van der Waals surface area contributed by atoms with Crippen molar-refractivity contribution in [2.45, 2.75) is 142 Å². The van der Waals surface area contributed by atoms with E-state index in [1.165, 1.54) is 154 Å². The molecule has 83 heavy (non-hydrogen) atoms. The summed E-state index contributed by atoms with van der Waals surface area (Å²) in [5.74, 6) is 1.28. The van der Waals surface area contributed by atoms with E-state index in [2.05, 4.69) is 204 Å². The Bertz CT molecular complexity index is 5070. The van der Waals surface area contributed by atoms with Crippen LogP contribution in [0.4, 0.5) is 0 Å². The third-order valence-corrected chi connectivity index (χ3v) is 22.3. The summed E-state index contributed by atoms with van der Waals surface area (Å²) in [6, 6.07) is 55.4. The van der Waals surface area contributed by atoms with Crippen LogP contribution in [0, 0.1) is 16.7 Å². The molecule has 0 radical (unpaired) electrons. The van der Waals surface area contributed by atoms with Crippen LogP contribution in [0.2, 0.25) is 0 Å². The van der Waals surface area contributed by atoms with Crippen molar-refractivity contribution in [1.29, 1.82) is 5.26 Å². The van der Waals surface area contributed by atoms with Crippen LogP contribution < -0.4 is 0 Å². The lowest BCUT2D eigenvalue weighted by molar-refractivity contribution is 0.0732. The molecule has 1 saturated carbocycles. The normalized spacial score (nSPS) is 20.8. The molecule has 0 saturated heterocycles. The van der Waals surface area contributed by atoms with Gasteiger partial charge in [-0.15, -0.1) is 0 Å². The Labute approximate surface area is 485 Å². The number of hydrogen-bond donors (Lipinski definition) is 0. The van der Waals surface area contributed by atoms with E-state index in [0.717, 1.165) is 73.5 Å². The predicted molar refractivity (Wildman–Crippen MR) is 342 cm³/mol. The van der Waals surface area contributed by atoms with E-state index in [0.29, 0.717) is 23.5 Å². The molecule has 0 N–H and O–H groups in total. The molecule has 20 rings (SSSR count). The van der Waals surface area contributed by atoms with E-state index in [4.69, 9.17) is 0 Å². The van der Waals surface area contributed by atoms with Gasteiger partial charge in [-0.2, -0.15) is 5.26 Å². The van der Waals surface area contributed by atoms with Crippen molar-refractivity contribution in [3.05, 3.63) is 222 Å². The fraction of sp³-hybridized carbons (Fsp3) is 0.291. The van der Waals surface area contributed by atoms with E-state index in [-0.39, 0.29) is 22.7 Å². The minimum Gasteiger partial charge on any atom is -0.308 e. The molecule has 4 heteroatoms. The van der Waals surface area contributed by atoms with Crippen molar-refractivity contribution in [3.63, 3.8) is 0 Å². The standard InChI is InChI=1S/C79H67N3O/c1-40(2)47-30-54(41(3)4)67(55(31-47)42(5)6)48-32-57-56-36-64-60(38-63(56)82-66-34-49(39-80)70-71-50-16-9-11-18-52(50)72(53-19-12-10-17-51(53)71)74(70)73(66)61(33-48)75(57)82)69-46-23-21-44-15-13-14-43(28-44)20-22-45(29-46)68-59-35-62-58(37-65(59)81(64)76(68)69)77(83)79(8)26-24-78(62,7)25-27-79/h9-19,28-38,40-42,71-72H,20-27H2,1-8H3. The van der Waals surface area contributed by atoms with E-state index in [1.807, 2.05) is 0 Å². The molecule has 4 aromatic heterocycles. The Balaban J connectivity index is 1.03. The fourth-order valence-corrected chi connectivity index (χ4v) is 18.0. The topological polar surface area (TPSA) is 49.7 Å². The van der Waals surface area contributed by atoms with Crippen LogP contribution in [0.15, 0.2) is 133 Å². The number of hydrogen-bond acceptors (Lipinski definition) is 2. The van der Waals surface area contributed by atoms with Crippen LogP contribution in [0.5, 0.6) is 0 Å². The van der Waals surface area contributed by atoms with Crippen molar-refractivity contribution >= 4 is 82.0 Å². The van der Waals surface area contributed by atoms with Gasteiger partial charge in [0, 0.05) is 65.9 Å². The molecule has 1 fully saturated rings. The van der Waals surface area contributed by atoms with Crippen molar-refractivity contribution in [1.82, 2.24) is 8.80 Å². The molecule has 0 aliphatic heterocycles. The molecule has 0 unspecified atom stereocenters. The molecular formula is C79H67N3O. The molecule has 0 spiro atoms. The largest absolute Gasteiger partial charge is 0.308 e. The number of rotatable bonds is 4. The molecule has 0 amide bonds. The van der Waals surface area contributed by atoms with Gasteiger partial charge in [0.15, 0.2) is 5.78 Å². The number of fused-ring (bicyclic) bond motifs is 20. The first-order chi connectivity index (χ1) is 40.2. The Kier molecular flexibility index (Phi) is 9.48. The van der Waals surface area contributed by atoms with Gasteiger partial charge in [0.2, 0.25) is 0 Å². The second-order valence-corrected chi connectivity index (χ2v) is 27.9. The fourth-order valence-electron chi connectivity index (χ4n) is 18.0. The van der Waals surface area contributed by atoms with Gasteiger partial charge in [-0.25, -0.2) is 0 Å². The molecule has 0 atom stereocenters. The number of Topliss-reactive ketones (excluding diaryl/α,β-unsaturated/α-hetero) is 1. The number of nitrogens with zero attached hydrogens (tertiary/aromatic N) is 3. The minimum atomic E-state index is -0.343. The number of ketones is 1. The van der Waals surface area contributed by atoms with Gasteiger partial charge in [0.1, 0.15) is 0 Å². The van der Waals surface area contributed by atoms with Crippen LogP contribution in [0.3, 0.4) is 0 Å². The summed E-state index contributed by atoms with van der Waals surface area (Å²) in [6.45, 7) is 18.9. The summed E-state index contributed by atoms with van der Waals surface area (Å²) < 4.78 is 5.21. The summed E-state index contributed by atoms with van der Waals surface area (Å²) in [5, 5.41) is 21.9. The lowest BCUT2D eigenvalue weighted by Crippen LogP contribution is -2.33. The van der Waals surface area contributed by atoms with E-state index >= 15 is 4.79 Å². The molecule has 4 nitrogen and oxygen atoms in total. The highest BCUT2D eigenvalue weighted by Crippen LogP contribution is 2.61. The molecular weight excluding hydrogens is 1010 g/mol. The Hall–Kier alpha value is -8.26. The zero-order valence-electron chi connectivity index (χ0n) is 49.0. The zero-order chi connectivity index (χ0) is 56.0. The second-order valence-electron chi connectivity index (χ2n) is 27.9. The Morgan fingerprint density at radius 3 is 1.64 bits per heavy atom. The van der Waals surface area contributed by atoms with Gasteiger partial charge in [-0.1, -0.05) is 146 Å². The van der Waals surface area contributed by atoms with Crippen LogP contribution in [0.1, 0.15) is 204 Å². The molecule has 8 bridgehead atoms. The smallest absolute Gasteiger partial charge is 0.169 e.